The highest BCUT2D eigenvalue weighted by Gasteiger charge is 2.47. The maximum atomic E-state index is 12.7. The third-order valence-electron chi connectivity index (χ3n) is 4.16. The molecular weight excluding hydrogens is 268 g/mol. The predicted molar refractivity (Wildman–Crippen MR) is 80.2 cm³/mol. The third kappa shape index (κ3) is 1.77. The Morgan fingerprint density at radius 1 is 1.38 bits per heavy atom. The molecule has 0 saturated carbocycles. The Kier molecular flexibility index (Phi) is 2.83. The van der Waals surface area contributed by atoms with E-state index in [1.54, 1.807) is 12.0 Å². The topological polar surface area (TPSA) is 58.6 Å². The van der Waals surface area contributed by atoms with Gasteiger partial charge in [-0.25, -0.2) is 0 Å². The van der Waals surface area contributed by atoms with Gasteiger partial charge in [-0.3, -0.25) is 9.59 Å². The van der Waals surface area contributed by atoms with Gasteiger partial charge in [-0.2, -0.15) is 0 Å². The van der Waals surface area contributed by atoms with Gasteiger partial charge in [0.2, 0.25) is 6.41 Å². The first-order valence-electron chi connectivity index (χ1n) is 6.86. The van der Waals surface area contributed by atoms with Crippen LogP contribution in [0.1, 0.15) is 37.9 Å². The van der Waals surface area contributed by atoms with E-state index < -0.39 is 11.6 Å². The molecule has 0 saturated heterocycles. The van der Waals surface area contributed by atoms with E-state index in [9.17, 15) is 9.59 Å². The zero-order valence-electron chi connectivity index (χ0n) is 12.6. The summed E-state index contributed by atoms with van der Waals surface area (Å²) in [5, 5.41) is 2.62. The van der Waals surface area contributed by atoms with Crippen LogP contribution in [-0.2, 0) is 9.59 Å². The van der Waals surface area contributed by atoms with Crippen molar-refractivity contribution >= 4 is 23.6 Å². The monoisotopic (exact) mass is 286 g/mol. The number of amides is 2. The Bertz CT molecular complexity index is 676. The zero-order chi connectivity index (χ0) is 15.4. The largest absolute Gasteiger partial charge is 0.497 e. The fourth-order valence-corrected chi connectivity index (χ4v) is 3.36. The van der Waals surface area contributed by atoms with Gasteiger partial charge in [0.15, 0.2) is 0 Å². The van der Waals surface area contributed by atoms with E-state index in [1.165, 1.54) is 0 Å². The van der Waals surface area contributed by atoms with Crippen LogP contribution in [0.3, 0.4) is 0 Å². The summed E-state index contributed by atoms with van der Waals surface area (Å²) < 4.78 is 5.33. The number of carbonyl (C=O) groups excluding carboxylic acids is 2. The molecule has 0 radical (unpaired) electrons. The number of methoxy groups -OCH3 is 1. The Balaban J connectivity index is 2.31. The highest BCUT2D eigenvalue weighted by atomic mass is 16.5. The molecular formula is C16H18N2O3. The van der Waals surface area contributed by atoms with Gasteiger partial charge in [0.25, 0.3) is 5.91 Å². The SMILES string of the molecule is COc1cc2c3c(c1)C(NC=O)C(=O)N3C(C)(C)C=C2C. The Morgan fingerprint density at radius 3 is 2.71 bits per heavy atom. The quantitative estimate of drug-likeness (QED) is 0.865. The number of nitrogens with zero attached hydrogens (tertiary/aromatic N) is 1. The van der Waals surface area contributed by atoms with Gasteiger partial charge in [0.05, 0.1) is 18.3 Å². The van der Waals surface area contributed by atoms with Crippen LogP contribution in [0.5, 0.6) is 5.75 Å². The summed E-state index contributed by atoms with van der Waals surface area (Å²) in [7, 11) is 1.59. The highest BCUT2D eigenvalue weighted by molar-refractivity contribution is 6.10. The number of anilines is 1. The summed E-state index contributed by atoms with van der Waals surface area (Å²) in [4.78, 5) is 25.4. The summed E-state index contributed by atoms with van der Waals surface area (Å²) in [6.45, 7) is 6.02. The van der Waals surface area contributed by atoms with Crippen molar-refractivity contribution in [3.8, 4) is 5.75 Å². The van der Waals surface area contributed by atoms with Gasteiger partial charge in [-0.15, -0.1) is 0 Å². The summed E-state index contributed by atoms with van der Waals surface area (Å²) in [6.07, 6.45) is 2.64. The standard InChI is InChI=1S/C16H18N2O3/c1-9-7-16(2,3)18-14-11(9)5-10(21-4)6-12(14)13(15(18)20)17-8-19/h5-8,13H,1-4H3,(H,17,19). The molecule has 2 aliphatic heterocycles. The molecule has 2 amide bonds. The number of benzene rings is 1. The molecule has 5 heteroatoms. The second kappa shape index (κ2) is 4.35. The van der Waals surface area contributed by atoms with Gasteiger partial charge in [-0.1, -0.05) is 6.08 Å². The first-order chi connectivity index (χ1) is 9.90. The fourth-order valence-electron chi connectivity index (χ4n) is 3.36. The van der Waals surface area contributed by atoms with Crippen LogP contribution in [-0.4, -0.2) is 25.0 Å². The van der Waals surface area contributed by atoms with Crippen LogP contribution in [0.15, 0.2) is 18.2 Å². The average Bonchev–Trinajstić information content (AvgIpc) is 2.70. The van der Waals surface area contributed by atoms with Crippen molar-refractivity contribution in [2.24, 2.45) is 0 Å². The van der Waals surface area contributed by atoms with E-state index in [4.69, 9.17) is 4.74 Å². The lowest BCUT2D eigenvalue weighted by atomic mass is 9.89. The molecule has 1 aromatic rings. The minimum atomic E-state index is -0.648. The van der Waals surface area contributed by atoms with E-state index in [1.807, 2.05) is 32.9 Å². The molecule has 1 unspecified atom stereocenters. The number of allylic oxidation sites excluding steroid dienone is 1. The smallest absolute Gasteiger partial charge is 0.255 e. The lowest BCUT2D eigenvalue weighted by Gasteiger charge is -2.39. The van der Waals surface area contributed by atoms with Crippen LogP contribution in [0.2, 0.25) is 0 Å². The van der Waals surface area contributed by atoms with Crippen molar-refractivity contribution in [3.05, 3.63) is 29.3 Å². The van der Waals surface area contributed by atoms with E-state index in [0.717, 1.165) is 22.4 Å². The third-order valence-corrected chi connectivity index (χ3v) is 4.16. The molecule has 1 N–H and O–H groups in total. The second-order valence-corrected chi connectivity index (χ2v) is 5.98. The normalized spacial score (nSPS) is 21.7. The molecule has 0 spiro atoms. The number of carbonyl (C=O) groups is 2. The van der Waals surface area contributed by atoms with Gasteiger partial charge in [-0.05, 0) is 38.5 Å². The van der Waals surface area contributed by atoms with Gasteiger partial charge >= 0.3 is 0 Å². The first-order valence-corrected chi connectivity index (χ1v) is 6.86. The molecule has 21 heavy (non-hydrogen) atoms. The first kappa shape index (κ1) is 13.7. The zero-order valence-corrected chi connectivity index (χ0v) is 12.6. The van der Waals surface area contributed by atoms with Crippen molar-refractivity contribution in [2.75, 3.05) is 12.0 Å². The van der Waals surface area contributed by atoms with E-state index in [2.05, 4.69) is 11.4 Å². The summed E-state index contributed by atoms with van der Waals surface area (Å²) in [5.41, 5.74) is 3.34. The van der Waals surface area contributed by atoms with E-state index in [-0.39, 0.29) is 5.91 Å². The van der Waals surface area contributed by atoms with Crippen LogP contribution >= 0.6 is 0 Å². The van der Waals surface area contributed by atoms with Crippen LogP contribution < -0.4 is 15.0 Å². The second-order valence-electron chi connectivity index (χ2n) is 5.98. The summed E-state index contributed by atoms with van der Waals surface area (Å²) >= 11 is 0. The summed E-state index contributed by atoms with van der Waals surface area (Å²) in [6, 6.07) is 3.11. The van der Waals surface area contributed by atoms with Crippen LogP contribution in [0, 0.1) is 0 Å². The van der Waals surface area contributed by atoms with Crippen molar-refractivity contribution in [1.82, 2.24) is 5.32 Å². The molecule has 0 aliphatic carbocycles. The number of nitrogens with one attached hydrogen (secondary N) is 1. The lowest BCUT2D eigenvalue weighted by Crippen LogP contribution is -2.48. The maximum absolute atomic E-state index is 12.7. The van der Waals surface area contributed by atoms with Gasteiger partial charge in [0, 0.05) is 11.1 Å². The number of rotatable bonds is 3. The van der Waals surface area contributed by atoms with Crippen molar-refractivity contribution in [3.63, 3.8) is 0 Å². The van der Waals surface area contributed by atoms with Gasteiger partial charge in [0.1, 0.15) is 11.8 Å². The molecule has 1 aromatic carbocycles. The molecule has 3 rings (SSSR count). The summed E-state index contributed by atoms with van der Waals surface area (Å²) in [5.74, 6) is 0.573. The van der Waals surface area contributed by atoms with Gasteiger partial charge < -0.3 is 15.0 Å². The molecule has 5 nitrogen and oxygen atoms in total. The van der Waals surface area contributed by atoms with E-state index in [0.29, 0.717) is 12.2 Å². The highest BCUT2D eigenvalue weighted by Crippen LogP contribution is 2.49. The minimum absolute atomic E-state index is 0.111. The molecule has 110 valence electrons. The number of ether oxygens (including phenoxy) is 1. The van der Waals surface area contributed by atoms with Crippen LogP contribution in [0.25, 0.3) is 5.57 Å². The molecule has 1 atom stereocenters. The van der Waals surface area contributed by atoms with Crippen LogP contribution in [0.4, 0.5) is 5.69 Å². The fraction of sp³-hybridized carbons (Fsp3) is 0.375. The van der Waals surface area contributed by atoms with Crippen molar-refractivity contribution < 1.29 is 14.3 Å². The minimum Gasteiger partial charge on any atom is -0.497 e. The van der Waals surface area contributed by atoms with Crippen molar-refractivity contribution in [1.29, 1.82) is 0 Å². The molecule has 2 heterocycles. The Morgan fingerprint density at radius 2 is 2.10 bits per heavy atom. The molecule has 0 fully saturated rings. The average molecular weight is 286 g/mol. The molecule has 0 aromatic heterocycles. The number of hydrogen-bond acceptors (Lipinski definition) is 3. The Hall–Kier alpha value is -2.30. The van der Waals surface area contributed by atoms with E-state index >= 15 is 0 Å². The predicted octanol–water partition coefficient (Wildman–Crippen LogP) is 2.02. The van der Waals surface area contributed by atoms with Crippen molar-refractivity contribution in [2.45, 2.75) is 32.4 Å². The number of hydrogen-bond donors (Lipinski definition) is 1. The molecule has 0 bridgehead atoms. The maximum Gasteiger partial charge on any atom is 0.255 e. The lowest BCUT2D eigenvalue weighted by molar-refractivity contribution is -0.123. The Labute approximate surface area is 123 Å². The molecule has 2 aliphatic rings.